The molecule has 52 heavy (non-hydrogen) atoms. The first-order chi connectivity index (χ1) is 25.6. The van der Waals surface area contributed by atoms with Crippen molar-refractivity contribution < 1.29 is 0 Å². The summed E-state index contributed by atoms with van der Waals surface area (Å²) in [5.74, 6) is 0.705. The molecule has 3 aromatic heterocycles. The Morgan fingerprint density at radius 2 is 1.13 bits per heavy atom. The zero-order valence-electron chi connectivity index (χ0n) is 29.1. The summed E-state index contributed by atoms with van der Waals surface area (Å²) in [5.41, 5.74) is 13.7. The van der Waals surface area contributed by atoms with Crippen molar-refractivity contribution in [3.63, 3.8) is 0 Å². The van der Waals surface area contributed by atoms with Crippen LogP contribution in [-0.2, 0) is 0 Å². The number of fused-ring (bicyclic) bond motifs is 1. The maximum atomic E-state index is 5.27. The molecule has 0 aliphatic heterocycles. The van der Waals surface area contributed by atoms with E-state index in [1.54, 1.807) is 0 Å². The number of aromatic nitrogens is 3. The number of benzene rings is 5. The van der Waals surface area contributed by atoms with Gasteiger partial charge in [0.05, 0.1) is 17.4 Å². The molecule has 5 aromatic carbocycles. The van der Waals surface area contributed by atoms with E-state index in [9.17, 15) is 0 Å². The molecular weight excluding hydrogens is 635 g/mol. The number of rotatable bonds is 8. The molecule has 0 fully saturated rings. The van der Waals surface area contributed by atoms with Gasteiger partial charge in [-0.3, -0.25) is 14.4 Å². The van der Waals surface area contributed by atoms with Crippen LogP contribution in [0.5, 0.6) is 0 Å². The minimum Gasteiger partial charge on any atom is -0.299 e. The second kappa shape index (κ2) is 14.6. The van der Waals surface area contributed by atoms with Gasteiger partial charge in [-0.1, -0.05) is 121 Å². The number of pyridine rings is 2. The lowest BCUT2D eigenvalue weighted by Crippen LogP contribution is -2.06. The maximum absolute atomic E-state index is 5.27. The molecule has 5 heteroatoms. The van der Waals surface area contributed by atoms with Gasteiger partial charge in [0.2, 0.25) is 0 Å². The predicted molar refractivity (Wildman–Crippen MR) is 215 cm³/mol. The minimum absolute atomic E-state index is 0.172. The van der Waals surface area contributed by atoms with Crippen LogP contribution in [-0.4, -0.2) is 25.9 Å². The number of hydrogen-bond acceptors (Lipinski definition) is 3. The Kier molecular flexibility index (Phi) is 9.14. The van der Waals surface area contributed by atoms with E-state index in [0.29, 0.717) is 5.84 Å². The summed E-state index contributed by atoms with van der Waals surface area (Å²) in [4.78, 5) is 19.7. The quantitative estimate of drug-likeness (QED) is 0.119. The van der Waals surface area contributed by atoms with E-state index in [2.05, 4.69) is 138 Å². The van der Waals surface area contributed by atoms with Crippen LogP contribution in [0.3, 0.4) is 0 Å². The number of nitrogens with zero attached hydrogens (tertiary/aromatic N) is 5. The van der Waals surface area contributed by atoms with Crippen LogP contribution in [0.4, 0.5) is 0 Å². The van der Waals surface area contributed by atoms with Crippen molar-refractivity contribution in [2.24, 2.45) is 9.98 Å². The summed E-state index contributed by atoms with van der Waals surface area (Å²) < 4.78 is 2.17. The SMILES string of the molecule is C/C(=N\C(=N/C(C)c1cc(-c2ccncc2)cc(-c2ccc(-c3c(-c4ccccc4)nc4ccccn34)cc2)c1)c1ccccc1)c1ccccc1. The average Bonchev–Trinajstić information content (AvgIpc) is 3.61. The van der Waals surface area contributed by atoms with Crippen LogP contribution >= 0.6 is 0 Å². The van der Waals surface area contributed by atoms with E-state index in [4.69, 9.17) is 15.0 Å². The first-order valence-corrected chi connectivity index (χ1v) is 17.5. The molecular formula is C47H37N5. The second-order valence-corrected chi connectivity index (χ2v) is 12.8. The Morgan fingerprint density at radius 1 is 0.558 bits per heavy atom. The molecule has 0 spiro atoms. The summed E-state index contributed by atoms with van der Waals surface area (Å²) in [6.07, 6.45) is 5.76. The highest BCUT2D eigenvalue weighted by atomic mass is 15.0. The van der Waals surface area contributed by atoms with Gasteiger partial charge in [0.1, 0.15) is 5.65 Å². The molecule has 0 N–H and O–H groups in total. The molecule has 250 valence electrons. The highest BCUT2D eigenvalue weighted by Crippen LogP contribution is 2.36. The van der Waals surface area contributed by atoms with Crippen molar-refractivity contribution >= 4 is 17.2 Å². The van der Waals surface area contributed by atoms with Crippen molar-refractivity contribution in [3.8, 4) is 44.8 Å². The van der Waals surface area contributed by atoms with Crippen molar-refractivity contribution in [2.45, 2.75) is 19.9 Å². The van der Waals surface area contributed by atoms with Crippen molar-refractivity contribution in [1.29, 1.82) is 0 Å². The molecule has 1 unspecified atom stereocenters. The third-order valence-corrected chi connectivity index (χ3v) is 9.33. The summed E-state index contributed by atoms with van der Waals surface area (Å²) in [6.45, 7) is 4.19. The van der Waals surface area contributed by atoms with Crippen molar-refractivity contribution in [2.75, 3.05) is 0 Å². The molecule has 8 aromatic rings. The molecule has 0 saturated carbocycles. The van der Waals surface area contributed by atoms with Crippen LogP contribution in [0, 0.1) is 0 Å². The monoisotopic (exact) mass is 671 g/mol. The molecule has 1 atom stereocenters. The van der Waals surface area contributed by atoms with Gasteiger partial charge in [-0.15, -0.1) is 0 Å². The third kappa shape index (κ3) is 6.85. The minimum atomic E-state index is -0.172. The fourth-order valence-corrected chi connectivity index (χ4v) is 6.58. The van der Waals surface area contributed by atoms with Gasteiger partial charge >= 0.3 is 0 Å². The first-order valence-electron chi connectivity index (χ1n) is 17.5. The van der Waals surface area contributed by atoms with Gasteiger partial charge in [-0.25, -0.2) is 9.98 Å². The lowest BCUT2D eigenvalue weighted by atomic mass is 9.93. The highest BCUT2D eigenvalue weighted by Gasteiger charge is 2.17. The molecule has 5 nitrogen and oxygen atoms in total. The average molecular weight is 672 g/mol. The maximum Gasteiger partial charge on any atom is 0.155 e. The van der Waals surface area contributed by atoms with Crippen LogP contribution in [0.25, 0.3) is 50.4 Å². The van der Waals surface area contributed by atoms with E-state index in [1.807, 2.05) is 67.8 Å². The van der Waals surface area contributed by atoms with E-state index in [1.165, 1.54) is 0 Å². The van der Waals surface area contributed by atoms with Gasteiger partial charge in [0.15, 0.2) is 5.84 Å². The van der Waals surface area contributed by atoms with Crippen molar-refractivity contribution in [1.82, 2.24) is 14.4 Å². The molecule has 0 aliphatic rings. The molecule has 0 saturated heterocycles. The second-order valence-electron chi connectivity index (χ2n) is 12.8. The van der Waals surface area contributed by atoms with Crippen LogP contribution in [0.15, 0.2) is 192 Å². The molecule has 0 radical (unpaired) electrons. The van der Waals surface area contributed by atoms with Gasteiger partial charge in [-0.05, 0) is 89.7 Å². The number of amidine groups is 1. The molecule has 8 rings (SSSR count). The fourth-order valence-electron chi connectivity index (χ4n) is 6.58. The highest BCUT2D eigenvalue weighted by molar-refractivity contribution is 6.11. The molecule has 0 amide bonds. The fraction of sp³-hybridized carbons (Fsp3) is 0.0638. The standard InChI is InChI=1S/C47H37N5/c1-33(35-14-6-3-7-15-35)49-47(40-18-10-5-11-19-40)50-34(2)41-30-42(32-43(31-41)37-25-27-48-28-26-37)36-21-23-39(24-22-36)46-45(38-16-8-4-9-17-38)51-44-20-12-13-29-52(44)46/h3-32,34H,1-2H3/b49-33+,50-47-. The lowest BCUT2D eigenvalue weighted by molar-refractivity contribution is 0.819. The van der Waals surface area contributed by atoms with Crippen LogP contribution < -0.4 is 0 Å². The van der Waals surface area contributed by atoms with Crippen LogP contribution in [0.1, 0.15) is 36.6 Å². The van der Waals surface area contributed by atoms with Gasteiger partial charge < -0.3 is 0 Å². The van der Waals surface area contributed by atoms with Gasteiger partial charge in [0, 0.05) is 41.0 Å². The Balaban J connectivity index is 1.21. The number of aliphatic imine (C=N–C) groups is 2. The summed E-state index contributed by atoms with van der Waals surface area (Å²) >= 11 is 0. The summed E-state index contributed by atoms with van der Waals surface area (Å²) in [5, 5.41) is 0. The molecule has 3 heterocycles. The summed E-state index contributed by atoms with van der Waals surface area (Å²) in [7, 11) is 0. The largest absolute Gasteiger partial charge is 0.299 e. The lowest BCUT2D eigenvalue weighted by Gasteiger charge is -2.15. The van der Waals surface area contributed by atoms with Gasteiger partial charge in [-0.2, -0.15) is 0 Å². The number of hydrogen-bond donors (Lipinski definition) is 0. The Bertz CT molecular complexity index is 2500. The van der Waals surface area contributed by atoms with Crippen LogP contribution in [0.2, 0.25) is 0 Å². The Labute approximate surface area is 304 Å². The first kappa shape index (κ1) is 32.5. The van der Waals surface area contributed by atoms with Crippen molar-refractivity contribution in [3.05, 3.63) is 199 Å². The topological polar surface area (TPSA) is 54.9 Å². The molecule has 0 bridgehead atoms. The zero-order chi connectivity index (χ0) is 35.3. The van der Waals surface area contributed by atoms with E-state index in [0.717, 1.165) is 72.8 Å². The Hall–Kier alpha value is -6.72. The zero-order valence-corrected chi connectivity index (χ0v) is 29.1. The van der Waals surface area contributed by atoms with E-state index < -0.39 is 0 Å². The number of imidazole rings is 1. The predicted octanol–water partition coefficient (Wildman–Crippen LogP) is 11.4. The van der Waals surface area contributed by atoms with E-state index >= 15 is 0 Å². The Morgan fingerprint density at radius 3 is 1.81 bits per heavy atom. The normalized spacial score (nSPS) is 12.6. The smallest absolute Gasteiger partial charge is 0.155 e. The third-order valence-electron chi connectivity index (χ3n) is 9.33. The van der Waals surface area contributed by atoms with Gasteiger partial charge in [0.25, 0.3) is 0 Å². The summed E-state index contributed by atoms with van der Waals surface area (Å²) in [6, 6.07) is 56.5. The van der Waals surface area contributed by atoms with E-state index in [-0.39, 0.29) is 6.04 Å². The molecule has 0 aliphatic carbocycles.